The van der Waals surface area contributed by atoms with Gasteiger partial charge in [-0.25, -0.2) is 4.79 Å². The zero-order valence-electron chi connectivity index (χ0n) is 13.0. The van der Waals surface area contributed by atoms with E-state index in [9.17, 15) is 9.90 Å². The molecule has 2 rings (SSSR count). The number of likely N-dealkylation sites (tertiary alicyclic amines) is 1. The molecule has 0 aromatic heterocycles. The highest BCUT2D eigenvalue weighted by Gasteiger charge is 2.34. The van der Waals surface area contributed by atoms with Crippen LogP contribution in [0, 0.1) is 11.8 Å². The fourth-order valence-electron chi connectivity index (χ4n) is 2.56. The third kappa shape index (κ3) is 4.35. The van der Waals surface area contributed by atoms with E-state index in [0.717, 1.165) is 19.1 Å². The normalized spacial score (nSPS) is 26.6. The van der Waals surface area contributed by atoms with Gasteiger partial charge >= 0.3 is 6.03 Å². The predicted octanol–water partition coefficient (Wildman–Crippen LogP) is 1.18. The van der Waals surface area contributed by atoms with E-state index in [1.807, 2.05) is 13.8 Å². The predicted molar refractivity (Wildman–Crippen MR) is 79.6 cm³/mol. The molecule has 116 valence electrons. The highest BCUT2D eigenvalue weighted by Crippen LogP contribution is 2.31. The summed E-state index contributed by atoms with van der Waals surface area (Å²) in [6, 6.07) is 0.658. The van der Waals surface area contributed by atoms with E-state index in [1.54, 1.807) is 6.92 Å². The molecule has 0 aromatic carbocycles. The third-order valence-electron chi connectivity index (χ3n) is 4.78. The Morgan fingerprint density at radius 3 is 2.65 bits per heavy atom. The molecule has 5 nitrogen and oxygen atoms in total. The first-order valence-corrected chi connectivity index (χ1v) is 7.86. The van der Waals surface area contributed by atoms with Crippen LogP contribution < -0.4 is 10.6 Å². The Morgan fingerprint density at radius 2 is 2.05 bits per heavy atom. The summed E-state index contributed by atoms with van der Waals surface area (Å²) < 4.78 is 0. The van der Waals surface area contributed by atoms with Crippen LogP contribution in [0.3, 0.4) is 0 Å². The number of amides is 2. The maximum Gasteiger partial charge on any atom is 0.314 e. The van der Waals surface area contributed by atoms with Gasteiger partial charge in [-0.3, -0.25) is 0 Å². The number of carbonyl (C=O) groups is 1. The number of hydrogen-bond donors (Lipinski definition) is 3. The molecule has 1 heterocycles. The van der Waals surface area contributed by atoms with Crippen LogP contribution in [0.25, 0.3) is 0 Å². The fourth-order valence-corrected chi connectivity index (χ4v) is 2.56. The topological polar surface area (TPSA) is 64.6 Å². The minimum Gasteiger partial charge on any atom is -0.388 e. The van der Waals surface area contributed by atoms with Gasteiger partial charge in [-0.05, 0) is 44.6 Å². The van der Waals surface area contributed by atoms with Crippen LogP contribution in [0.4, 0.5) is 4.79 Å². The van der Waals surface area contributed by atoms with Crippen LogP contribution in [0.2, 0.25) is 0 Å². The molecule has 3 N–H and O–H groups in total. The van der Waals surface area contributed by atoms with Gasteiger partial charge in [-0.1, -0.05) is 13.8 Å². The summed E-state index contributed by atoms with van der Waals surface area (Å²) in [5.41, 5.74) is -0.854. The van der Waals surface area contributed by atoms with Gasteiger partial charge in [0.2, 0.25) is 0 Å². The van der Waals surface area contributed by atoms with Gasteiger partial charge in [-0.2, -0.15) is 0 Å². The Balaban J connectivity index is 1.60. The van der Waals surface area contributed by atoms with Crippen molar-refractivity contribution >= 4 is 6.03 Å². The summed E-state index contributed by atoms with van der Waals surface area (Å²) in [5, 5.41) is 15.8. The van der Waals surface area contributed by atoms with Crippen LogP contribution in [0.1, 0.15) is 40.0 Å². The van der Waals surface area contributed by atoms with Crippen molar-refractivity contribution in [1.29, 1.82) is 0 Å². The van der Waals surface area contributed by atoms with Gasteiger partial charge in [0.1, 0.15) is 0 Å². The smallest absolute Gasteiger partial charge is 0.314 e. The molecule has 0 aromatic rings. The highest BCUT2D eigenvalue weighted by molar-refractivity contribution is 5.73. The van der Waals surface area contributed by atoms with Crippen molar-refractivity contribution in [2.75, 3.05) is 26.2 Å². The zero-order chi connectivity index (χ0) is 14.8. The zero-order valence-corrected chi connectivity index (χ0v) is 13.0. The van der Waals surface area contributed by atoms with E-state index in [2.05, 4.69) is 15.5 Å². The van der Waals surface area contributed by atoms with Gasteiger partial charge < -0.3 is 20.6 Å². The second kappa shape index (κ2) is 6.31. The second-order valence-electron chi connectivity index (χ2n) is 6.96. The summed E-state index contributed by atoms with van der Waals surface area (Å²) in [7, 11) is 0. The number of urea groups is 1. The van der Waals surface area contributed by atoms with E-state index < -0.39 is 5.60 Å². The number of nitrogens with zero attached hydrogens (tertiary/aromatic N) is 1. The second-order valence-corrected chi connectivity index (χ2v) is 6.96. The monoisotopic (exact) mass is 283 g/mol. The summed E-state index contributed by atoms with van der Waals surface area (Å²) in [6.07, 6.45) is 3.89. The van der Waals surface area contributed by atoms with E-state index in [-0.39, 0.29) is 18.5 Å². The molecule has 1 aliphatic carbocycles. The molecule has 2 atom stereocenters. The first-order chi connectivity index (χ1) is 9.38. The molecule has 1 saturated heterocycles. The lowest BCUT2D eigenvalue weighted by Crippen LogP contribution is -2.48. The number of carbonyl (C=O) groups excluding carboxylic acids is 1. The van der Waals surface area contributed by atoms with Gasteiger partial charge in [-0.15, -0.1) is 0 Å². The Kier molecular flexibility index (Phi) is 4.91. The van der Waals surface area contributed by atoms with E-state index >= 15 is 0 Å². The highest BCUT2D eigenvalue weighted by atomic mass is 16.3. The van der Waals surface area contributed by atoms with Crippen molar-refractivity contribution in [3.8, 4) is 0 Å². The van der Waals surface area contributed by atoms with Crippen molar-refractivity contribution < 1.29 is 9.90 Å². The van der Waals surface area contributed by atoms with Gasteiger partial charge in [0.25, 0.3) is 0 Å². The number of nitrogens with one attached hydrogen (secondary N) is 2. The first-order valence-electron chi connectivity index (χ1n) is 7.86. The fraction of sp³-hybridized carbons (Fsp3) is 0.933. The lowest BCUT2D eigenvalue weighted by atomic mass is 9.93. The van der Waals surface area contributed by atoms with Crippen molar-refractivity contribution in [3.63, 3.8) is 0 Å². The number of aliphatic hydroxyl groups is 1. The van der Waals surface area contributed by atoms with E-state index in [1.165, 1.54) is 25.8 Å². The summed E-state index contributed by atoms with van der Waals surface area (Å²) in [5.74, 6) is 0.691. The van der Waals surface area contributed by atoms with Crippen LogP contribution in [-0.2, 0) is 0 Å². The Bertz CT molecular complexity index is 340. The molecule has 5 heteroatoms. The summed E-state index contributed by atoms with van der Waals surface area (Å²) in [4.78, 5) is 14.3. The van der Waals surface area contributed by atoms with Crippen LogP contribution in [0.5, 0.6) is 0 Å². The molecule has 2 fully saturated rings. The number of rotatable bonds is 6. The maximum atomic E-state index is 11.7. The largest absolute Gasteiger partial charge is 0.388 e. The molecule has 2 unspecified atom stereocenters. The Labute approximate surface area is 122 Å². The molecule has 0 bridgehead atoms. The Hall–Kier alpha value is -0.810. The van der Waals surface area contributed by atoms with E-state index in [4.69, 9.17) is 0 Å². The maximum absolute atomic E-state index is 11.7. The lowest BCUT2D eigenvalue weighted by molar-refractivity contribution is 0.0166. The molecule has 20 heavy (non-hydrogen) atoms. The van der Waals surface area contributed by atoms with Gasteiger partial charge in [0.05, 0.1) is 5.60 Å². The molecular formula is C15H29N3O2. The van der Waals surface area contributed by atoms with Crippen molar-refractivity contribution in [2.24, 2.45) is 11.8 Å². The minimum absolute atomic E-state index is 0.115. The van der Waals surface area contributed by atoms with Crippen molar-refractivity contribution in [3.05, 3.63) is 0 Å². The summed E-state index contributed by atoms with van der Waals surface area (Å²) in [6.45, 7) is 8.97. The standard InChI is InChI=1S/C15H29N3O2/c1-11(2)15(3,20)10-17-14(19)16-8-12-6-7-18(9-12)13-4-5-13/h11-13,20H,4-10H2,1-3H3,(H2,16,17,19). The van der Waals surface area contributed by atoms with Crippen LogP contribution in [0.15, 0.2) is 0 Å². The quantitative estimate of drug-likeness (QED) is 0.686. The molecular weight excluding hydrogens is 254 g/mol. The van der Waals surface area contributed by atoms with Crippen LogP contribution in [-0.4, -0.2) is 53.9 Å². The van der Waals surface area contributed by atoms with E-state index in [0.29, 0.717) is 5.92 Å². The first kappa shape index (κ1) is 15.6. The van der Waals surface area contributed by atoms with Crippen molar-refractivity contribution in [1.82, 2.24) is 15.5 Å². The molecule has 0 spiro atoms. The minimum atomic E-state index is -0.854. The van der Waals surface area contributed by atoms with Gasteiger partial charge in [0.15, 0.2) is 0 Å². The SMILES string of the molecule is CC(C)C(C)(O)CNC(=O)NCC1CCN(C2CC2)C1. The lowest BCUT2D eigenvalue weighted by Gasteiger charge is -2.27. The molecule has 1 saturated carbocycles. The third-order valence-corrected chi connectivity index (χ3v) is 4.78. The molecule has 1 aliphatic heterocycles. The summed E-state index contributed by atoms with van der Waals surface area (Å²) >= 11 is 0. The average Bonchev–Trinajstić information content (AvgIpc) is 3.13. The molecule has 2 aliphatic rings. The molecule has 2 amide bonds. The van der Waals surface area contributed by atoms with Crippen LogP contribution >= 0.6 is 0 Å². The van der Waals surface area contributed by atoms with Crippen molar-refractivity contribution in [2.45, 2.75) is 51.7 Å². The average molecular weight is 283 g/mol. The Morgan fingerprint density at radius 1 is 1.35 bits per heavy atom. The van der Waals surface area contributed by atoms with Gasteiger partial charge in [0, 0.05) is 25.7 Å². The molecule has 0 radical (unpaired) electrons. The number of hydrogen-bond acceptors (Lipinski definition) is 3.